The first-order chi connectivity index (χ1) is 10.9. The molecule has 2 heterocycles. The Morgan fingerprint density at radius 3 is 2.91 bits per heavy atom. The largest absolute Gasteiger partial charge is 0.369 e. The van der Waals surface area contributed by atoms with E-state index in [0.29, 0.717) is 6.54 Å². The summed E-state index contributed by atoms with van der Waals surface area (Å²) in [5, 5.41) is 2.21. The minimum absolute atomic E-state index is 0.0812. The van der Waals surface area contributed by atoms with Gasteiger partial charge < -0.3 is 9.88 Å². The number of hydrogen-bond donors (Lipinski definition) is 2. The molecule has 124 valence electrons. The quantitative estimate of drug-likeness (QED) is 0.904. The summed E-state index contributed by atoms with van der Waals surface area (Å²) in [4.78, 5) is 5.69. The van der Waals surface area contributed by atoms with Crippen LogP contribution >= 0.6 is 0 Å². The topological polar surface area (TPSA) is 65.2 Å². The number of aromatic amines is 1. The van der Waals surface area contributed by atoms with Crippen LogP contribution in [0.2, 0.25) is 0 Å². The van der Waals surface area contributed by atoms with Crippen LogP contribution in [0.15, 0.2) is 30.2 Å². The third-order valence-electron chi connectivity index (χ3n) is 4.61. The Morgan fingerprint density at radius 1 is 1.39 bits per heavy atom. The Balaban J connectivity index is 1.91. The molecule has 6 heteroatoms. The van der Waals surface area contributed by atoms with Crippen LogP contribution in [0.4, 0.5) is 5.69 Å². The number of benzene rings is 1. The lowest BCUT2D eigenvalue weighted by Gasteiger charge is -2.35. The Labute approximate surface area is 137 Å². The number of nitrogens with zero attached hydrogens (tertiary/aromatic N) is 1. The van der Waals surface area contributed by atoms with E-state index in [1.807, 2.05) is 6.07 Å². The fourth-order valence-corrected chi connectivity index (χ4v) is 4.11. The molecule has 0 spiro atoms. The van der Waals surface area contributed by atoms with Gasteiger partial charge in [-0.2, -0.15) is 0 Å². The second-order valence-electron chi connectivity index (χ2n) is 6.19. The molecule has 1 atom stereocenters. The van der Waals surface area contributed by atoms with Crippen LogP contribution < -0.4 is 9.62 Å². The molecule has 0 bridgehead atoms. The van der Waals surface area contributed by atoms with Crippen molar-refractivity contribution in [2.45, 2.75) is 32.7 Å². The normalized spacial score (nSPS) is 19.2. The highest BCUT2D eigenvalue weighted by molar-refractivity contribution is 7.92. The molecular weight excluding hydrogens is 310 g/mol. The molecule has 0 radical (unpaired) electrons. The van der Waals surface area contributed by atoms with Crippen LogP contribution in [0, 0.1) is 13.8 Å². The molecule has 1 aromatic carbocycles. The Hall–Kier alpha value is -1.79. The number of aryl methyl sites for hydroxylation is 2. The maximum Gasteiger partial charge on any atom is 0.233 e. The lowest BCUT2D eigenvalue weighted by molar-refractivity contribution is 0.469. The average Bonchev–Trinajstić information content (AvgIpc) is 2.82. The lowest BCUT2D eigenvalue weighted by Crippen LogP contribution is -2.47. The fourth-order valence-electron chi connectivity index (χ4n) is 3.36. The molecule has 1 saturated heterocycles. The van der Waals surface area contributed by atoms with Crippen molar-refractivity contribution in [2.75, 3.05) is 18.0 Å². The molecule has 3 rings (SSSR count). The van der Waals surface area contributed by atoms with Crippen LogP contribution in [0.1, 0.15) is 24.1 Å². The third-order valence-corrected chi connectivity index (χ3v) is 5.72. The molecule has 1 aromatic heterocycles. The molecule has 0 saturated carbocycles. The summed E-state index contributed by atoms with van der Waals surface area (Å²) in [7, 11) is -3.39. The van der Waals surface area contributed by atoms with Gasteiger partial charge in [-0.1, -0.05) is 12.6 Å². The van der Waals surface area contributed by atoms with Crippen LogP contribution in [0.5, 0.6) is 0 Å². The lowest BCUT2D eigenvalue weighted by atomic mass is 10.0. The molecule has 2 N–H and O–H groups in total. The minimum Gasteiger partial charge on any atom is -0.369 e. The highest BCUT2D eigenvalue weighted by Gasteiger charge is 2.24. The standard InChI is InChI=1S/C17H23N3O2S/c1-4-23(21,22)19-14-7-6-10-20(11-14)16-9-5-8-15-17(16)12(2)13(3)18-15/h4-5,8-9,14,18-19H,1,6-7,10-11H2,2-3H3. The number of fused-ring (bicyclic) bond motifs is 1. The third kappa shape index (κ3) is 3.14. The maximum absolute atomic E-state index is 11.7. The smallest absolute Gasteiger partial charge is 0.233 e. The molecule has 2 aromatic rings. The van der Waals surface area contributed by atoms with Gasteiger partial charge in [0.15, 0.2) is 0 Å². The van der Waals surface area contributed by atoms with Crippen LogP contribution in [-0.2, 0) is 10.0 Å². The zero-order valence-electron chi connectivity index (χ0n) is 13.6. The van der Waals surface area contributed by atoms with E-state index in [1.165, 1.54) is 22.3 Å². The molecule has 0 aliphatic carbocycles. The van der Waals surface area contributed by atoms with Crippen LogP contribution in [0.25, 0.3) is 10.9 Å². The summed E-state index contributed by atoms with van der Waals surface area (Å²) in [5.41, 5.74) is 4.73. The van der Waals surface area contributed by atoms with E-state index in [0.717, 1.165) is 30.3 Å². The predicted molar refractivity (Wildman–Crippen MR) is 95.3 cm³/mol. The predicted octanol–water partition coefficient (Wildman–Crippen LogP) is 2.82. The number of aromatic nitrogens is 1. The first-order valence-corrected chi connectivity index (χ1v) is 9.43. The van der Waals surface area contributed by atoms with Crippen molar-refractivity contribution in [1.82, 2.24) is 9.71 Å². The first-order valence-electron chi connectivity index (χ1n) is 7.89. The van der Waals surface area contributed by atoms with E-state index in [-0.39, 0.29) is 6.04 Å². The van der Waals surface area contributed by atoms with Gasteiger partial charge in [0, 0.05) is 46.8 Å². The van der Waals surface area contributed by atoms with Gasteiger partial charge in [0.25, 0.3) is 0 Å². The maximum atomic E-state index is 11.7. The summed E-state index contributed by atoms with van der Waals surface area (Å²) in [5.74, 6) is 0. The average molecular weight is 333 g/mol. The van der Waals surface area contributed by atoms with Gasteiger partial charge in [0.1, 0.15) is 0 Å². The second kappa shape index (κ2) is 6.02. The number of anilines is 1. The van der Waals surface area contributed by atoms with Crippen molar-refractivity contribution in [3.63, 3.8) is 0 Å². The SMILES string of the molecule is C=CS(=O)(=O)NC1CCCN(c2cccc3[nH]c(C)c(C)c23)C1. The second-order valence-corrected chi connectivity index (χ2v) is 7.85. The van der Waals surface area contributed by atoms with Crippen molar-refractivity contribution in [1.29, 1.82) is 0 Å². The Bertz CT molecular complexity index is 839. The summed E-state index contributed by atoms with van der Waals surface area (Å²) >= 11 is 0. The van der Waals surface area contributed by atoms with Gasteiger partial charge in [-0.05, 0) is 44.4 Å². The Morgan fingerprint density at radius 2 is 2.17 bits per heavy atom. The summed E-state index contributed by atoms with van der Waals surface area (Å²) in [6.07, 6.45) is 1.81. The van der Waals surface area contributed by atoms with Crippen molar-refractivity contribution >= 4 is 26.6 Å². The fraction of sp³-hybridized carbons (Fsp3) is 0.412. The van der Waals surface area contributed by atoms with Gasteiger partial charge in [0.05, 0.1) is 0 Å². The highest BCUT2D eigenvalue weighted by Crippen LogP contribution is 2.32. The van der Waals surface area contributed by atoms with Crippen LogP contribution in [0.3, 0.4) is 0 Å². The van der Waals surface area contributed by atoms with E-state index in [9.17, 15) is 8.42 Å². The van der Waals surface area contributed by atoms with Gasteiger partial charge in [-0.25, -0.2) is 13.1 Å². The van der Waals surface area contributed by atoms with E-state index in [2.05, 4.69) is 47.2 Å². The summed E-state index contributed by atoms with van der Waals surface area (Å²) < 4.78 is 26.2. The minimum atomic E-state index is -3.39. The van der Waals surface area contributed by atoms with Gasteiger partial charge in [-0.15, -0.1) is 0 Å². The summed E-state index contributed by atoms with van der Waals surface area (Å²) in [6.45, 7) is 9.18. The molecule has 1 aliphatic rings. The van der Waals surface area contributed by atoms with Gasteiger partial charge in [0.2, 0.25) is 10.0 Å². The number of piperidine rings is 1. The molecule has 1 fully saturated rings. The van der Waals surface area contributed by atoms with E-state index >= 15 is 0 Å². The van der Waals surface area contributed by atoms with Gasteiger partial charge in [-0.3, -0.25) is 0 Å². The van der Waals surface area contributed by atoms with Crippen molar-refractivity contribution in [3.05, 3.63) is 41.4 Å². The molecule has 1 aliphatic heterocycles. The number of rotatable bonds is 4. The number of nitrogens with one attached hydrogen (secondary N) is 2. The first kappa shape index (κ1) is 16.1. The Kier molecular flexibility index (Phi) is 4.21. The van der Waals surface area contributed by atoms with E-state index in [1.54, 1.807) is 0 Å². The molecular formula is C17H23N3O2S. The highest BCUT2D eigenvalue weighted by atomic mass is 32.2. The van der Waals surface area contributed by atoms with Crippen LogP contribution in [-0.4, -0.2) is 32.5 Å². The molecule has 23 heavy (non-hydrogen) atoms. The zero-order valence-corrected chi connectivity index (χ0v) is 14.4. The zero-order chi connectivity index (χ0) is 16.6. The summed E-state index contributed by atoms with van der Waals surface area (Å²) in [6, 6.07) is 6.17. The van der Waals surface area contributed by atoms with E-state index < -0.39 is 10.0 Å². The molecule has 0 amide bonds. The van der Waals surface area contributed by atoms with E-state index in [4.69, 9.17) is 0 Å². The number of H-pyrrole nitrogens is 1. The monoisotopic (exact) mass is 333 g/mol. The number of hydrogen-bond acceptors (Lipinski definition) is 3. The number of sulfonamides is 1. The molecule has 1 unspecified atom stereocenters. The molecule has 5 nitrogen and oxygen atoms in total. The van der Waals surface area contributed by atoms with Gasteiger partial charge >= 0.3 is 0 Å². The van der Waals surface area contributed by atoms with Crippen molar-refractivity contribution < 1.29 is 8.42 Å². The van der Waals surface area contributed by atoms with Crippen molar-refractivity contribution in [3.8, 4) is 0 Å². The van der Waals surface area contributed by atoms with Crippen molar-refractivity contribution in [2.24, 2.45) is 0 Å².